The third kappa shape index (κ3) is 4.50. The lowest BCUT2D eigenvalue weighted by atomic mass is 9.87. The Bertz CT molecular complexity index is 388. The van der Waals surface area contributed by atoms with Crippen molar-refractivity contribution in [2.45, 2.75) is 45.1 Å². The zero-order valence-electron chi connectivity index (χ0n) is 11.8. The predicted octanol–water partition coefficient (Wildman–Crippen LogP) is 4.98. The molecule has 106 valence electrons. The highest BCUT2D eigenvalue weighted by Gasteiger charge is 2.13. The Balaban J connectivity index is 1.86. The summed E-state index contributed by atoms with van der Waals surface area (Å²) in [6.45, 7) is 1.71. The van der Waals surface area contributed by atoms with Crippen LogP contribution in [0.3, 0.4) is 0 Å². The van der Waals surface area contributed by atoms with E-state index in [9.17, 15) is 0 Å². The second-order valence-corrected chi connectivity index (χ2v) is 6.27. The number of hydrogen-bond acceptors (Lipinski definition) is 2. The number of nitrogens with one attached hydrogen (secondary N) is 1. The summed E-state index contributed by atoms with van der Waals surface area (Å²) in [7, 11) is 1.74. The molecule has 1 N–H and O–H groups in total. The molecule has 0 amide bonds. The summed E-state index contributed by atoms with van der Waals surface area (Å²) in [6.07, 6.45) is 8.43. The molecule has 0 bridgehead atoms. The fourth-order valence-corrected chi connectivity index (χ4v) is 3.38. The molecule has 0 spiro atoms. The SMILES string of the molecule is COCc1c(Br)cccc1NCCC1CCCCC1. The van der Waals surface area contributed by atoms with Crippen molar-refractivity contribution in [3.63, 3.8) is 0 Å². The summed E-state index contributed by atoms with van der Waals surface area (Å²) in [5, 5.41) is 3.58. The number of halogens is 1. The Labute approximate surface area is 125 Å². The van der Waals surface area contributed by atoms with E-state index in [2.05, 4.69) is 39.4 Å². The predicted molar refractivity (Wildman–Crippen MR) is 84.5 cm³/mol. The van der Waals surface area contributed by atoms with Crippen molar-refractivity contribution in [3.8, 4) is 0 Å². The van der Waals surface area contributed by atoms with Crippen LogP contribution in [0.15, 0.2) is 22.7 Å². The van der Waals surface area contributed by atoms with E-state index < -0.39 is 0 Å². The molecule has 0 unspecified atom stereocenters. The molecule has 1 aromatic carbocycles. The molecular formula is C16H24BrNO. The number of ether oxygens (including phenoxy) is 1. The van der Waals surface area contributed by atoms with Crippen molar-refractivity contribution in [1.82, 2.24) is 0 Å². The first-order valence-electron chi connectivity index (χ1n) is 7.31. The minimum atomic E-state index is 0.646. The summed E-state index contributed by atoms with van der Waals surface area (Å²) in [6, 6.07) is 6.28. The standard InChI is InChI=1S/C16H24BrNO/c1-19-12-14-15(17)8-5-9-16(14)18-11-10-13-6-3-2-4-7-13/h5,8-9,13,18H,2-4,6-7,10-12H2,1H3. The minimum absolute atomic E-state index is 0.646. The Morgan fingerprint density at radius 2 is 2.05 bits per heavy atom. The summed E-state index contributed by atoms with van der Waals surface area (Å²) >= 11 is 3.60. The van der Waals surface area contributed by atoms with E-state index in [4.69, 9.17) is 4.74 Å². The fraction of sp³-hybridized carbons (Fsp3) is 0.625. The van der Waals surface area contributed by atoms with Gasteiger partial charge in [-0.3, -0.25) is 0 Å². The zero-order chi connectivity index (χ0) is 13.5. The summed E-state index contributed by atoms with van der Waals surface area (Å²) < 4.78 is 6.40. The Kier molecular flexibility index (Phi) is 6.18. The van der Waals surface area contributed by atoms with Gasteiger partial charge in [-0.25, -0.2) is 0 Å². The number of hydrogen-bond donors (Lipinski definition) is 1. The van der Waals surface area contributed by atoms with Crippen LogP contribution in [0, 0.1) is 5.92 Å². The molecule has 1 fully saturated rings. The van der Waals surface area contributed by atoms with Gasteiger partial charge in [0.1, 0.15) is 0 Å². The molecule has 2 nitrogen and oxygen atoms in total. The van der Waals surface area contributed by atoms with Crippen LogP contribution < -0.4 is 5.32 Å². The lowest BCUT2D eigenvalue weighted by Gasteiger charge is -2.22. The fourth-order valence-electron chi connectivity index (χ4n) is 2.90. The highest BCUT2D eigenvalue weighted by molar-refractivity contribution is 9.10. The molecule has 0 saturated heterocycles. The smallest absolute Gasteiger partial charge is 0.0744 e. The molecule has 0 radical (unpaired) electrons. The van der Waals surface area contributed by atoms with Crippen LogP contribution in [0.2, 0.25) is 0 Å². The third-order valence-electron chi connectivity index (χ3n) is 4.00. The normalized spacial score (nSPS) is 16.5. The lowest BCUT2D eigenvalue weighted by Crippen LogP contribution is -2.13. The molecule has 1 aromatic rings. The largest absolute Gasteiger partial charge is 0.385 e. The van der Waals surface area contributed by atoms with Gasteiger partial charge in [0.15, 0.2) is 0 Å². The van der Waals surface area contributed by atoms with Crippen LogP contribution in [0.1, 0.15) is 44.1 Å². The van der Waals surface area contributed by atoms with E-state index in [1.807, 2.05) is 0 Å². The summed E-state index contributed by atoms with van der Waals surface area (Å²) in [5.74, 6) is 0.930. The van der Waals surface area contributed by atoms with Gasteiger partial charge in [-0.05, 0) is 24.5 Å². The van der Waals surface area contributed by atoms with Gasteiger partial charge in [0.2, 0.25) is 0 Å². The van der Waals surface area contributed by atoms with E-state index in [1.165, 1.54) is 49.8 Å². The molecule has 0 aliphatic heterocycles. The van der Waals surface area contributed by atoms with Crippen LogP contribution >= 0.6 is 15.9 Å². The van der Waals surface area contributed by atoms with Crippen LogP contribution in [-0.2, 0) is 11.3 Å². The summed E-state index contributed by atoms with van der Waals surface area (Å²) in [5.41, 5.74) is 2.42. The van der Waals surface area contributed by atoms with Crippen LogP contribution in [0.5, 0.6) is 0 Å². The first kappa shape index (κ1) is 14.9. The minimum Gasteiger partial charge on any atom is -0.385 e. The Morgan fingerprint density at radius 1 is 1.26 bits per heavy atom. The van der Waals surface area contributed by atoms with Crippen molar-refractivity contribution >= 4 is 21.6 Å². The highest BCUT2D eigenvalue weighted by atomic mass is 79.9. The Morgan fingerprint density at radius 3 is 2.79 bits per heavy atom. The maximum absolute atomic E-state index is 5.28. The lowest BCUT2D eigenvalue weighted by molar-refractivity contribution is 0.185. The van der Waals surface area contributed by atoms with E-state index in [0.717, 1.165) is 16.9 Å². The van der Waals surface area contributed by atoms with Crippen molar-refractivity contribution in [2.24, 2.45) is 5.92 Å². The molecular weight excluding hydrogens is 302 g/mol. The van der Waals surface area contributed by atoms with Gasteiger partial charge in [-0.1, -0.05) is 54.1 Å². The van der Waals surface area contributed by atoms with Gasteiger partial charge in [0.25, 0.3) is 0 Å². The molecule has 1 aliphatic carbocycles. The average Bonchev–Trinajstić information content (AvgIpc) is 2.44. The average molecular weight is 326 g/mol. The second kappa shape index (κ2) is 7.91. The maximum Gasteiger partial charge on any atom is 0.0744 e. The van der Waals surface area contributed by atoms with Crippen molar-refractivity contribution in [3.05, 3.63) is 28.2 Å². The maximum atomic E-state index is 5.28. The zero-order valence-corrected chi connectivity index (χ0v) is 13.3. The van der Waals surface area contributed by atoms with E-state index in [-0.39, 0.29) is 0 Å². The molecule has 0 heterocycles. The van der Waals surface area contributed by atoms with Crippen LogP contribution in [0.4, 0.5) is 5.69 Å². The van der Waals surface area contributed by atoms with Crippen LogP contribution in [0.25, 0.3) is 0 Å². The second-order valence-electron chi connectivity index (χ2n) is 5.42. The monoisotopic (exact) mass is 325 g/mol. The van der Waals surface area contributed by atoms with Gasteiger partial charge in [-0.2, -0.15) is 0 Å². The molecule has 2 rings (SSSR count). The van der Waals surface area contributed by atoms with E-state index >= 15 is 0 Å². The number of benzene rings is 1. The van der Waals surface area contributed by atoms with E-state index in [1.54, 1.807) is 7.11 Å². The van der Waals surface area contributed by atoms with Gasteiger partial charge in [-0.15, -0.1) is 0 Å². The number of methoxy groups -OCH3 is 1. The molecule has 1 saturated carbocycles. The van der Waals surface area contributed by atoms with Gasteiger partial charge >= 0.3 is 0 Å². The molecule has 0 aromatic heterocycles. The summed E-state index contributed by atoms with van der Waals surface area (Å²) in [4.78, 5) is 0. The topological polar surface area (TPSA) is 21.3 Å². The first-order valence-corrected chi connectivity index (χ1v) is 8.10. The van der Waals surface area contributed by atoms with Crippen molar-refractivity contribution in [1.29, 1.82) is 0 Å². The van der Waals surface area contributed by atoms with E-state index in [0.29, 0.717) is 6.61 Å². The van der Waals surface area contributed by atoms with Crippen molar-refractivity contribution < 1.29 is 4.74 Å². The van der Waals surface area contributed by atoms with Gasteiger partial charge in [0, 0.05) is 29.4 Å². The van der Waals surface area contributed by atoms with Crippen molar-refractivity contribution in [2.75, 3.05) is 19.0 Å². The van der Waals surface area contributed by atoms with Gasteiger partial charge in [0.05, 0.1) is 6.61 Å². The quantitative estimate of drug-likeness (QED) is 0.796. The van der Waals surface area contributed by atoms with Crippen LogP contribution in [-0.4, -0.2) is 13.7 Å². The molecule has 19 heavy (non-hydrogen) atoms. The first-order chi connectivity index (χ1) is 9.31. The number of rotatable bonds is 6. The number of anilines is 1. The van der Waals surface area contributed by atoms with Gasteiger partial charge < -0.3 is 10.1 Å². The molecule has 3 heteroatoms. The molecule has 1 aliphatic rings. The molecule has 0 atom stereocenters. The third-order valence-corrected chi connectivity index (χ3v) is 4.74. The Hall–Kier alpha value is -0.540. The highest BCUT2D eigenvalue weighted by Crippen LogP contribution is 2.28.